The lowest BCUT2D eigenvalue weighted by atomic mass is 10.1. The number of rotatable bonds is 10. The summed E-state index contributed by atoms with van der Waals surface area (Å²) in [6, 6.07) is 14.6. The first kappa shape index (κ1) is 23.1. The van der Waals surface area contributed by atoms with Crippen LogP contribution in [0.1, 0.15) is 21.7 Å². The molecule has 1 aromatic heterocycles. The van der Waals surface area contributed by atoms with Crippen LogP contribution in [0, 0.1) is 11.6 Å². The SMILES string of the molecule is COCCN(CC(=O)N(Cc1ccc(F)cc1)Cc1ccco1)C(=O)c1cccc(F)c1. The lowest BCUT2D eigenvalue weighted by molar-refractivity contribution is -0.133. The topological polar surface area (TPSA) is 63.0 Å². The first-order chi connectivity index (χ1) is 15.5. The van der Waals surface area contributed by atoms with E-state index in [-0.39, 0.29) is 50.1 Å². The number of halogens is 2. The van der Waals surface area contributed by atoms with Crippen LogP contribution < -0.4 is 0 Å². The van der Waals surface area contributed by atoms with Crippen molar-refractivity contribution in [3.05, 3.63) is 95.4 Å². The number of benzene rings is 2. The van der Waals surface area contributed by atoms with E-state index in [1.54, 1.807) is 24.3 Å². The van der Waals surface area contributed by atoms with E-state index in [9.17, 15) is 18.4 Å². The molecule has 0 saturated carbocycles. The molecule has 0 saturated heterocycles. The lowest BCUT2D eigenvalue weighted by Gasteiger charge is -2.27. The van der Waals surface area contributed by atoms with Crippen LogP contribution in [0.5, 0.6) is 0 Å². The predicted molar refractivity (Wildman–Crippen MR) is 114 cm³/mol. The highest BCUT2D eigenvalue weighted by Gasteiger charge is 2.23. The van der Waals surface area contributed by atoms with Crippen molar-refractivity contribution >= 4 is 11.8 Å². The molecule has 0 aliphatic carbocycles. The average molecular weight is 442 g/mol. The van der Waals surface area contributed by atoms with E-state index in [4.69, 9.17) is 9.15 Å². The maximum atomic E-state index is 13.6. The standard InChI is InChI=1S/C24H24F2N2O4/c1-31-13-11-27(24(30)19-4-2-5-21(26)14-19)17-23(29)28(16-22-6-3-12-32-22)15-18-7-9-20(25)10-8-18/h2-10,12,14H,11,13,15-17H2,1H3. The lowest BCUT2D eigenvalue weighted by Crippen LogP contribution is -2.43. The molecule has 8 heteroatoms. The molecule has 0 bridgehead atoms. The van der Waals surface area contributed by atoms with Gasteiger partial charge in [0, 0.05) is 25.8 Å². The number of hydrogen-bond acceptors (Lipinski definition) is 4. The van der Waals surface area contributed by atoms with Crippen LogP contribution in [0.2, 0.25) is 0 Å². The smallest absolute Gasteiger partial charge is 0.254 e. The molecule has 3 rings (SSSR count). The Kier molecular flexibility index (Phi) is 8.10. The van der Waals surface area contributed by atoms with Gasteiger partial charge in [-0.2, -0.15) is 0 Å². The third-order valence-electron chi connectivity index (χ3n) is 4.82. The van der Waals surface area contributed by atoms with Gasteiger partial charge in [0.25, 0.3) is 5.91 Å². The minimum Gasteiger partial charge on any atom is -0.467 e. The first-order valence-corrected chi connectivity index (χ1v) is 10.0. The van der Waals surface area contributed by atoms with Crippen LogP contribution in [0.15, 0.2) is 71.3 Å². The van der Waals surface area contributed by atoms with Crippen LogP contribution in [-0.4, -0.2) is 48.4 Å². The van der Waals surface area contributed by atoms with Gasteiger partial charge in [-0.15, -0.1) is 0 Å². The molecule has 6 nitrogen and oxygen atoms in total. The van der Waals surface area contributed by atoms with Gasteiger partial charge in [-0.05, 0) is 48.0 Å². The summed E-state index contributed by atoms with van der Waals surface area (Å²) >= 11 is 0. The van der Waals surface area contributed by atoms with Gasteiger partial charge in [-0.3, -0.25) is 9.59 Å². The van der Waals surface area contributed by atoms with Crippen molar-refractivity contribution in [1.82, 2.24) is 9.80 Å². The molecule has 3 aromatic rings. The van der Waals surface area contributed by atoms with Gasteiger partial charge < -0.3 is 19.0 Å². The van der Waals surface area contributed by atoms with Crippen LogP contribution in [0.4, 0.5) is 8.78 Å². The summed E-state index contributed by atoms with van der Waals surface area (Å²) in [5, 5.41) is 0. The van der Waals surface area contributed by atoms with Gasteiger partial charge in [-0.1, -0.05) is 18.2 Å². The molecule has 0 unspecified atom stereocenters. The van der Waals surface area contributed by atoms with Crippen molar-refractivity contribution in [2.45, 2.75) is 13.1 Å². The van der Waals surface area contributed by atoms with Crippen LogP contribution in [0.3, 0.4) is 0 Å². The molecule has 0 aliphatic heterocycles. The summed E-state index contributed by atoms with van der Waals surface area (Å²) in [5.74, 6) is -1.16. The van der Waals surface area contributed by atoms with E-state index in [1.165, 1.54) is 53.5 Å². The molecule has 0 atom stereocenters. The fourth-order valence-corrected chi connectivity index (χ4v) is 3.15. The molecule has 168 valence electrons. The molecule has 1 heterocycles. The number of hydrogen-bond donors (Lipinski definition) is 0. The largest absolute Gasteiger partial charge is 0.467 e. The molecular formula is C24H24F2N2O4. The van der Waals surface area contributed by atoms with E-state index in [0.717, 1.165) is 11.6 Å². The van der Waals surface area contributed by atoms with Crippen molar-refractivity contribution in [2.75, 3.05) is 26.8 Å². The molecule has 0 aliphatic rings. The predicted octanol–water partition coefficient (Wildman–Crippen LogP) is 3.88. The molecule has 0 N–H and O–H groups in total. The molecule has 32 heavy (non-hydrogen) atoms. The van der Waals surface area contributed by atoms with Crippen LogP contribution in [0.25, 0.3) is 0 Å². The molecular weight excluding hydrogens is 418 g/mol. The number of amides is 2. The van der Waals surface area contributed by atoms with E-state index >= 15 is 0 Å². The zero-order valence-electron chi connectivity index (χ0n) is 17.7. The van der Waals surface area contributed by atoms with Crippen molar-refractivity contribution in [3.63, 3.8) is 0 Å². The Balaban J connectivity index is 1.79. The minimum atomic E-state index is -0.537. The number of furan rings is 1. The Bertz CT molecular complexity index is 1020. The summed E-state index contributed by atoms with van der Waals surface area (Å²) in [6.45, 7) is 0.509. The van der Waals surface area contributed by atoms with Crippen molar-refractivity contribution < 1.29 is 27.5 Å². The third-order valence-corrected chi connectivity index (χ3v) is 4.82. The van der Waals surface area contributed by atoms with Gasteiger partial charge >= 0.3 is 0 Å². The molecule has 0 spiro atoms. The molecule has 2 aromatic carbocycles. The molecule has 0 radical (unpaired) electrons. The maximum absolute atomic E-state index is 13.6. The Morgan fingerprint density at radius 1 is 0.938 bits per heavy atom. The number of ether oxygens (including phenoxy) is 1. The van der Waals surface area contributed by atoms with E-state index in [0.29, 0.717) is 5.76 Å². The fourth-order valence-electron chi connectivity index (χ4n) is 3.15. The van der Waals surface area contributed by atoms with Crippen LogP contribution >= 0.6 is 0 Å². The van der Waals surface area contributed by atoms with E-state index in [2.05, 4.69) is 0 Å². The van der Waals surface area contributed by atoms with E-state index in [1.807, 2.05) is 0 Å². The number of methoxy groups -OCH3 is 1. The zero-order valence-corrected chi connectivity index (χ0v) is 17.7. The highest BCUT2D eigenvalue weighted by atomic mass is 19.1. The Labute approximate surface area is 185 Å². The summed E-state index contributed by atoms with van der Waals surface area (Å²) in [4.78, 5) is 29.0. The fraction of sp³-hybridized carbons (Fsp3) is 0.250. The van der Waals surface area contributed by atoms with Gasteiger partial charge in [-0.25, -0.2) is 8.78 Å². The summed E-state index contributed by atoms with van der Waals surface area (Å²) in [7, 11) is 1.49. The van der Waals surface area contributed by atoms with Crippen LogP contribution in [-0.2, 0) is 22.6 Å². The molecule has 2 amide bonds. The van der Waals surface area contributed by atoms with E-state index < -0.39 is 11.7 Å². The Hall–Kier alpha value is -3.52. The highest BCUT2D eigenvalue weighted by molar-refractivity contribution is 5.96. The monoisotopic (exact) mass is 442 g/mol. The van der Waals surface area contributed by atoms with Gasteiger partial charge in [0.05, 0.1) is 19.4 Å². The average Bonchev–Trinajstić information content (AvgIpc) is 3.30. The Morgan fingerprint density at radius 3 is 2.38 bits per heavy atom. The molecule has 0 fully saturated rings. The minimum absolute atomic E-state index is 0.144. The number of carbonyl (C=O) groups excluding carboxylic acids is 2. The zero-order chi connectivity index (χ0) is 22.9. The second kappa shape index (κ2) is 11.2. The third kappa shape index (κ3) is 6.49. The van der Waals surface area contributed by atoms with Gasteiger partial charge in [0.2, 0.25) is 5.91 Å². The Morgan fingerprint density at radius 2 is 1.72 bits per heavy atom. The van der Waals surface area contributed by atoms with Crippen molar-refractivity contribution in [1.29, 1.82) is 0 Å². The maximum Gasteiger partial charge on any atom is 0.254 e. The summed E-state index contributed by atoms with van der Waals surface area (Å²) in [5.41, 5.74) is 0.872. The normalized spacial score (nSPS) is 10.7. The second-order valence-corrected chi connectivity index (χ2v) is 7.19. The highest BCUT2D eigenvalue weighted by Crippen LogP contribution is 2.14. The van der Waals surface area contributed by atoms with Gasteiger partial charge in [0.1, 0.15) is 23.9 Å². The van der Waals surface area contributed by atoms with Crippen molar-refractivity contribution in [3.8, 4) is 0 Å². The summed E-state index contributed by atoms with van der Waals surface area (Å²) in [6.07, 6.45) is 1.51. The van der Waals surface area contributed by atoms with Crippen molar-refractivity contribution in [2.24, 2.45) is 0 Å². The quantitative estimate of drug-likeness (QED) is 0.478. The first-order valence-electron chi connectivity index (χ1n) is 10.0. The number of nitrogens with zero attached hydrogens (tertiary/aromatic N) is 2. The summed E-state index contributed by atoms with van der Waals surface area (Å²) < 4.78 is 37.3. The second-order valence-electron chi connectivity index (χ2n) is 7.19. The van der Waals surface area contributed by atoms with Gasteiger partial charge in [0.15, 0.2) is 0 Å². The number of carbonyl (C=O) groups is 2.